The van der Waals surface area contributed by atoms with Crippen LogP contribution < -0.4 is 5.32 Å². The smallest absolute Gasteiger partial charge is 0.306 e. The van der Waals surface area contributed by atoms with E-state index >= 15 is 0 Å². The number of hydrogen-bond donors (Lipinski definition) is 3. The molecule has 0 aromatic rings. The number of allylic oxidation sites excluding steroid dienone is 6. The lowest BCUT2D eigenvalue weighted by molar-refractivity contribution is -0.151. The molecule has 3 unspecified atom stereocenters. The monoisotopic (exact) mass is 788 g/mol. The van der Waals surface area contributed by atoms with Crippen molar-refractivity contribution in [2.75, 3.05) is 6.61 Å². The van der Waals surface area contributed by atoms with Crippen molar-refractivity contribution >= 4 is 11.9 Å². The summed E-state index contributed by atoms with van der Waals surface area (Å²) in [6.45, 7) is 6.34. The Balaban J connectivity index is 4.40. The molecule has 0 fully saturated rings. The standard InChI is InChI=1S/C50H93NO5/c1-4-7-10-13-16-18-20-22-24-25-27-29-31-34-37-40-43-50(55)56-46(41-38-35-32-15-12-9-6-3)44-49(54)51-47(45-52)48(53)42-39-36-33-30-28-26-23-21-19-17-14-11-8-5-2/h7,10,16,18,22,24,46-48,52-53H,4-6,8-9,11-15,17,19-21,23,25-45H2,1-3H3,(H,51,54)/b10-7+,18-16+,24-22+. The van der Waals surface area contributed by atoms with Gasteiger partial charge in [0.15, 0.2) is 0 Å². The number of carbonyl (C=O) groups excluding carboxylic acids is 2. The van der Waals surface area contributed by atoms with Gasteiger partial charge in [-0.05, 0) is 57.8 Å². The molecule has 6 heteroatoms. The molecule has 3 N–H and O–H groups in total. The van der Waals surface area contributed by atoms with Gasteiger partial charge >= 0.3 is 5.97 Å². The first-order chi connectivity index (χ1) is 27.5. The summed E-state index contributed by atoms with van der Waals surface area (Å²) in [5.41, 5.74) is 0. The van der Waals surface area contributed by atoms with Crippen LogP contribution in [0.25, 0.3) is 0 Å². The van der Waals surface area contributed by atoms with E-state index in [4.69, 9.17) is 4.74 Å². The molecule has 0 aliphatic rings. The maximum atomic E-state index is 13.1. The average Bonchev–Trinajstić information content (AvgIpc) is 3.19. The third-order valence-electron chi connectivity index (χ3n) is 11.0. The van der Waals surface area contributed by atoms with E-state index in [1.807, 2.05) is 0 Å². The maximum absolute atomic E-state index is 13.1. The second kappa shape index (κ2) is 44.2. The van der Waals surface area contributed by atoms with Crippen LogP contribution in [0.4, 0.5) is 0 Å². The van der Waals surface area contributed by atoms with Crippen molar-refractivity contribution < 1.29 is 24.5 Å². The Hall–Kier alpha value is -1.92. The van der Waals surface area contributed by atoms with Crippen LogP contribution in [0.3, 0.4) is 0 Å². The molecule has 3 atom stereocenters. The van der Waals surface area contributed by atoms with Gasteiger partial charge in [-0.1, -0.05) is 211 Å². The topological polar surface area (TPSA) is 95.9 Å². The molecule has 6 nitrogen and oxygen atoms in total. The summed E-state index contributed by atoms with van der Waals surface area (Å²) in [7, 11) is 0. The lowest BCUT2D eigenvalue weighted by Crippen LogP contribution is -2.46. The minimum Gasteiger partial charge on any atom is -0.462 e. The molecule has 56 heavy (non-hydrogen) atoms. The Morgan fingerprint density at radius 3 is 1.46 bits per heavy atom. The molecule has 1 amide bonds. The van der Waals surface area contributed by atoms with Gasteiger partial charge in [0.05, 0.1) is 25.2 Å². The summed E-state index contributed by atoms with van der Waals surface area (Å²) < 4.78 is 5.88. The van der Waals surface area contributed by atoms with E-state index in [0.29, 0.717) is 19.3 Å². The van der Waals surface area contributed by atoms with Crippen LogP contribution in [0, 0.1) is 0 Å². The van der Waals surface area contributed by atoms with Gasteiger partial charge in [0.25, 0.3) is 0 Å². The van der Waals surface area contributed by atoms with E-state index in [1.165, 1.54) is 122 Å². The van der Waals surface area contributed by atoms with Crippen molar-refractivity contribution in [2.24, 2.45) is 0 Å². The third-order valence-corrected chi connectivity index (χ3v) is 11.0. The van der Waals surface area contributed by atoms with Crippen LogP contribution >= 0.6 is 0 Å². The second-order valence-corrected chi connectivity index (χ2v) is 16.5. The SMILES string of the molecule is CC/C=C/C/C=C/C/C=C/CCCCCCCCC(=O)OC(CCCCCCCCC)CC(=O)NC(CO)C(O)CCCCCCCCCCCCCCCC. The highest BCUT2D eigenvalue weighted by Crippen LogP contribution is 2.18. The Kier molecular flexibility index (Phi) is 42.7. The van der Waals surface area contributed by atoms with Crippen LogP contribution in [-0.2, 0) is 14.3 Å². The first kappa shape index (κ1) is 54.1. The summed E-state index contributed by atoms with van der Waals surface area (Å²) in [6, 6.07) is -0.699. The molecule has 328 valence electrons. The maximum Gasteiger partial charge on any atom is 0.306 e. The first-order valence-corrected chi connectivity index (χ1v) is 24.2. The predicted octanol–water partition coefficient (Wildman–Crippen LogP) is 14.1. The molecule has 0 aliphatic heterocycles. The molecule has 0 rings (SSSR count). The predicted molar refractivity (Wildman–Crippen MR) is 241 cm³/mol. The highest BCUT2D eigenvalue weighted by Gasteiger charge is 2.24. The van der Waals surface area contributed by atoms with Crippen molar-refractivity contribution in [1.82, 2.24) is 5.32 Å². The van der Waals surface area contributed by atoms with Crippen LogP contribution in [0.2, 0.25) is 0 Å². The molecule has 0 spiro atoms. The molecule has 0 aromatic heterocycles. The zero-order valence-electron chi connectivity index (χ0n) is 37.3. The molecule has 0 aromatic carbocycles. The lowest BCUT2D eigenvalue weighted by atomic mass is 10.0. The molecule has 0 bridgehead atoms. The number of nitrogens with one attached hydrogen (secondary N) is 1. The van der Waals surface area contributed by atoms with E-state index in [1.54, 1.807) is 0 Å². The number of amides is 1. The number of aliphatic hydroxyl groups is 2. The first-order valence-electron chi connectivity index (χ1n) is 24.2. The van der Waals surface area contributed by atoms with Gasteiger partial charge in [-0.3, -0.25) is 9.59 Å². The molecular weight excluding hydrogens is 695 g/mol. The summed E-state index contributed by atoms with van der Waals surface area (Å²) >= 11 is 0. The second-order valence-electron chi connectivity index (χ2n) is 16.5. The molecule has 0 aliphatic carbocycles. The minimum absolute atomic E-state index is 0.0741. The third kappa shape index (κ3) is 38.9. The van der Waals surface area contributed by atoms with E-state index in [9.17, 15) is 19.8 Å². The Morgan fingerprint density at radius 1 is 0.536 bits per heavy atom. The van der Waals surface area contributed by atoms with E-state index < -0.39 is 18.2 Å². The van der Waals surface area contributed by atoms with Crippen molar-refractivity contribution in [2.45, 2.75) is 264 Å². The summed E-state index contributed by atoms with van der Waals surface area (Å²) in [5, 5.41) is 23.7. The highest BCUT2D eigenvalue weighted by atomic mass is 16.5. The van der Waals surface area contributed by atoms with Gasteiger partial charge in [-0.25, -0.2) is 0 Å². The van der Waals surface area contributed by atoms with Crippen LogP contribution in [0.5, 0.6) is 0 Å². The number of rotatable bonds is 43. The lowest BCUT2D eigenvalue weighted by Gasteiger charge is -2.24. The summed E-state index contributed by atoms with van der Waals surface area (Å²) in [4.78, 5) is 25.9. The number of ether oxygens (including phenoxy) is 1. The largest absolute Gasteiger partial charge is 0.462 e. The number of hydrogen-bond acceptors (Lipinski definition) is 5. The van der Waals surface area contributed by atoms with Gasteiger partial charge in [-0.2, -0.15) is 0 Å². The minimum atomic E-state index is -0.785. The molecular formula is C50H93NO5. The Morgan fingerprint density at radius 2 is 0.964 bits per heavy atom. The van der Waals surface area contributed by atoms with Crippen molar-refractivity contribution in [1.29, 1.82) is 0 Å². The van der Waals surface area contributed by atoms with Gasteiger partial charge in [0.2, 0.25) is 5.91 Å². The molecule has 0 heterocycles. The van der Waals surface area contributed by atoms with Crippen LogP contribution in [0.1, 0.15) is 245 Å². The van der Waals surface area contributed by atoms with Gasteiger partial charge in [-0.15, -0.1) is 0 Å². The summed E-state index contributed by atoms with van der Waals surface area (Å²) in [5.74, 6) is -0.487. The van der Waals surface area contributed by atoms with Crippen molar-refractivity contribution in [3.8, 4) is 0 Å². The number of aliphatic hydroxyl groups excluding tert-OH is 2. The zero-order valence-corrected chi connectivity index (χ0v) is 37.3. The molecule has 0 saturated heterocycles. The Labute approximate surface area is 347 Å². The van der Waals surface area contributed by atoms with E-state index in [0.717, 1.165) is 77.0 Å². The quantitative estimate of drug-likeness (QED) is 0.0325. The fraction of sp³-hybridized carbons (Fsp3) is 0.840. The number of carbonyl (C=O) groups is 2. The normalized spacial score (nSPS) is 13.6. The van der Waals surface area contributed by atoms with Gasteiger partial charge in [0.1, 0.15) is 6.10 Å². The molecule has 0 radical (unpaired) electrons. The molecule has 0 saturated carbocycles. The van der Waals surface area contributed by atoms with Crippen molar-refractivity contribution in [3.63, 3.8) is 0 Å². The van der Waals surface area contributed by atoms with E-state index in [2.05, 4.69) is 62.5 Å². The van der Waals surface area contributed by atoms with E-state index in [-0.39, 0.29) is 24.9 Å². The fourth-order valence-corrected chi connectivity index (χ4v) is 7.33. The number of esters is 1. The average molecular weight is 788 g/mol. The van der Waals surface area contributed by atoms with Crippen molar-refractivity contribution in [3.05, 3.63) is 36.5 Å². The fourth-order valence-electron chi connectivity index (χ4n) is 7.33. The van der Waals surface area contributed by atoms with Gasteiger partial charge < -0.3 is 20.3 Å². The highest BCUT2D eigenvalue weighted by molar-refractivity contribution is 5.77. The summed E-state index contributed by atoms with van der Waals surface area (Å²) in [6.07, 6.45) is 50.7. The van der Waals surface area contributed by atoms with Gasteiger partial charge in [0, 0.05) is 6.42 Å². The number of unbranched alkanes of at least 4 members (excludes halogenated alkanes) is 25. The van der Waals surface area contributed by atoms with Crippen LogP contribution in [0.15, 0.2) is 36.5 Å². The van der Waals surface area contributed by atoms with Crippen LogP contribution in [-0.4, -0.2) is 46.9 Å². The zero-order chi connectivity index (χ0) is 41.0. The Bertz CT molecular complexity index is 930.